The third-order valence-corrected chi connectivity index (χ3v) is 8.15. The van der Waals surface area contributed by atoms with Crippen LogP contribution in [0.15, 0.2) is 103 Å². The summed E-state index contributed by atoms with van der Waals surface area (Å²) in [7, 11) is 1.34. The fourth-order valence-electron chi connectivity index (χ4n) is 5.18. The first kappa shape index (κ1) is 30.8. The minimum atomic E-state index is -0.724. The SMILES string of the molecule is COC(=O)C(Cc1ccc(OCCN(C(=O)C2CCC2)c2ccccc2Cl)cc1)Nc1ccccc1C(=O)c1ccccc1. The van der Waals surface area contributed by atoms with E-state index in [1.165, 1.54) is 7.11 Å². The summed E-state index contributed by atoms with van der Waals surface area (Å²) in [5.74, 6) is 0.178. The van der Waals surface area contributed by atoms with Crippen molar-refractivity contribution >= 4 is 40.6 Å². The number of para-hydroxylation sites is 2. The van der Waals surface area contributed by atoms with Crippen LogP contribution in [0.1, 0.15) is 40.7 Å². The van der Waals surface area contributed by atoms with Gasteiger partial charge in [0, 0.05) is 29.2 Å². The number of hydrogen-bond donors (Lipinski definition) is 1. The predicted octanol–water partition coefficient (Wildman–Crippen LogP) is 6.98. The highest BCUT2D eigenvalue weighted by molar-refractivity contribution is 6.33. The van der Waals surface area contributed by atoms with Gasteiger partial charge in [0.15, 0.2) is 5.78 Å². The lowest BCUT2D eigenvalue weighted by Gasteiger charge is -2.32. The molecular formula is C36H35ClN2O5. The molecule has 0 radical (unpaired) electrons. The molecule has 1 fully saturated rings. The summed E-state index contributed by atoms with van der Waals surface area (Å²) in [5.41, 5.74) is 3.16. The first-order valence-electron chi connectivity index (χ1n) is 14.8. The van der Waals surface area contributed by atoms with Gasteiger partial charge in [-0.2, -0.15) is 0 Å². The minimum Gasteiger partial charge on any atom is -0.492 e. The predicted molar refractivity (Wildman–Crippen MR) is 173 cm³/mol. The van der Waals surface area contributed by atoms with Crippen molar-refractivity contribution in [2.45, 2.75) is 31.7 Å². The average molecular weight is 611 g/mol. The number of nitrogens with one attached hydrogen (secondary N) is 1. The highest BCUT2D eigenvalue weighted by atomic mass is 35.5. The Morgan fingerprint density at radius 3 is 2.25 bits per heavy atom. The third kappa shape index (κ3) is 7.47. The number of methoxy groups -OCH3 is 1. The van der Waals surface area contributed by atoms with Crippen LogP contribution in [0, 0.1) is 5.92 Å². The molecule has 1 amide bonds. The maximum absolute atomic E-state index is 13.2. The van der Waals surface area contributed by atoms with Crippen molar-refractivity contribution in [2.75, 3.05) is 30.5 Å². The largest absolute Gasteiger partial charge is 0.492 e. The van der Waals surface area contributed by atoms with Gasteiger partial charge in [-0.3, -0.25) is 9.59 Å². The number of carbonyl (C=O) groups is 3. The molecule has 226 valence electrons. The molecule has 0 bridgehead atoms. The highest BCUT2D eigenvalue weighted by Crippen LogP contribution is 2.33. The summed E-state index contributed by atoms with van der Waals surface area (Å²) < 4.78 is 11.1. The molecule has 7 nitrogen and oxygen atoms in total. The Morgan fingerprint density at radius 2 is 1.57 bits per heavy atom. The van der Waals surface area contributed by atoms with Gasteiger partial charge >= 0.3 is 5.97 Å². The van der Waals surface area contributed by atoms with Crippen molar-refractivity contribution in [3.05, 3.63) is 125 Å². The number of amides is 1. The molecule has 1 unspecified atom stereocenters. The lowest BCUT2D eigenvalue weighted by Crippen LogP contribution is -2.41. The molecule has 1 saturated carbocycles. The quantitative estimate of drug-likeness (QED) is 0.130. The van der Waals surface area contributed by atoms with Crippen LogP contribution in [0.4, 0.5) is 11.4 Å². The average Bonchev–Trinajstić information content (AvgIpc) is 3.03. The standard InChI is InChI=1S/C36H35ClN2O5/c1-43-36(42)32(38-31-16-7-5-14-29(31)34(40)26-10-3-2-4-11-26)24-25-18-20-28(21-19-25)44-23-22-39(35(41)27-12-9-13-27)33-17-8-6-15-30(33)37/h2-8,10-11,14-21,27,32,38H,9,12-13,22-24H2,1H3. The second kappa shape index (κ2) is 14.7. The Morgan fingerprint density at radius 1 is 0.886 bits per heavy atom. The Hall–Kier alpha value is -4.62. The van der Waals surface area contributed by atoms with Crippen molar-refractivity contribution < 1.29 is 23.9 Å². The summed E-state index contributed by atoms with van der Waals surface area (Å²) >= 11 is 6.43. The number of benzene rings is 4. The monoisotopic (exact) mass is 610 g/mol. The van der Waals surface area contributed by atoms with Crippen LogP contribution in [0.5, 0.6) is 5.75 Å². The van der Waals surface area contributed by atoms with E-state index in [2.05, 4.69) is 5.32 Å². The van der Waals surface area contributed by atoms with E-state index in [1.54, 1.807) is 41.3 Å². The van der Waals surface area contributed by atoms with Gasteiger partial charge in [0.2, 0.25) is 5.91 Å². The molecule has 4 aromatic rings. The van der Waals surface area contributed by atoms with Gasteiger partial charge in [0.25, 0.3) is 0 Å². The minimum absolute atomic E-state index is 0.0327. The van der Waals surface area contributed by atoms with Crippen molar-refractivity contribution in [1.82, 2.24) is 0 Å². The van der Waals surface area contributed by atoms with Crippen LogP contribution in [-0.4, -0.2) is 44.0 Å². The van der Waals surface area contributed by atoms with E-state index < -0.39 is 12.0 Å². The molecule has 0 heterocycles. The van der Waals surface area contributed by atoms with E-state index in [4.69, 9.17) is 21.1 Å². The zero-order chi connectivity index (χ0) is 30.9. The molecule has 1 atom stereocenters. The second-order valence-electron chi connectivity index (χ2n) is 10.7. The molecule has 1 aliphatic carbocycles. The van der Waals surface area contributed by atoms with E-state index in [0.29, 0.717) is 52.8 Å². The van der Waals surface area contributed by atoms with Gasteiger partial charge in [-0.1, -0.05) is 84.8 Å². The fraction of sp³-hybridized carbons (Fsp3) is 0.250. The van der Waals surface area contributed by atoms with Crippen LogP contribution in [0.3, 0.4) is 0 Å². The number of esters is 1. The summed E-state index contributed by atoms with van der Waals surface area (Å²) in [6.45, 7) is 0.665. The smallest absolute Gasteiger partial charge is 0.328 e. The number of carbonyl (C=O) groups excluding carboxylic acids is 3. The number of ether oxygens (including phenoxy) is 2. The lowest BCUT2D eigenvalue weighted by atomic mass is 9.84. The second-order valence-corrected chi connectivity index (χ2v) is 11.1. The first-order chi connectivity index (χ1) is 21.4. The Balaban J connectivity index is 1.23. The Bertz CT molecular complexity index is 1590. The van der Waals surface area contributed by atoms with Crippen LogP contribution in [0.25, 0.3) is 0 Å². The van der Waals surface area contributed by atoms with Crippen LogP contribution < -0.4 is 15.0 Å². The summed E-state index contributed by atoms with van der Waals surface area (Å²) in [4.78, 5) is 40.9. The summed E-state index contributed by atoms with van der Waals surface area (Å²) in [6, 6.07) is 30.2. The number of hydrogen-bond acceptors (Lipinski definition) is 6. The van der Waals surface area contributed by atoms with Gasteiger partial charge in [-0.25, -0.2) is 4.79 Å². The van der Waals surface area contributed by atoms with Crippen LogP contribution in [0.2, 0.25) is 5.02 Å². The molecule has 8 heteroatoms. The van der Waals surface area contributed by atoms with Gasteiger partial charge in [-0.15, -0.1) is 0 Å². The number of ketones is 1. The van der Waals surface area contributed by atoms with E-state index >= 15 is 0 Å². The van der Waals surface area contributed by atoms with Crippen molar-refractivity contribution in [2.24, 2.45) is 5.92 Å². The zero-order valence-corrected chi connectivity index (χ0v) is 25.3. The number of halogens is 1. The molecule has 4 aromatic carbocycles. The summed E-state index contributed by atoms with van der Waals surface area (Å²) in [6.07, 6.45) is 3.20. The molecular weight excluding hydrogens is 576 g/mol. The van der Waals surface area contributed by atoms with Crippen LogP contribution in [-0.2, 0) is 20.7 Å². The van der Waals surface area contributed by atoms with E-state index in [9.17, 15) is 14.4 Å². The van der Waals surface area contributed by atoms with Crippen molar-refractivity contribution in [3.63, 3.8) is 0 Å². The normalized spacial score (nSPS) is 13.3. The molecule has 0 saturated heterocycles. The van der Waals surface area contributed by atoms with Gasteiger partial charge in [0.05, 0.1) is 24.4 Å². The third-order valence-electron chi connectivity index (χ3n) is 7.83. The number of rotatable bonds is 13. The van der Waals surface area contributed by atoms with Gasteiger partial charge < -0.3 is 19.7 Å². The van der Waals surface area contributed by atoms with Crippen molar-refractivity contribution in [3.8, 4) is 5.75 Å². The highest BCUT2D eigenvalue weighted by Gasteiger charge is 2.31. The molecule has 5 rings (SSSR count). The Labute approximate surface area is 262 Å². The number of anilines is 2. The summed E-state index contributed by atoms with van der Waals surface area (Å²) in [5, 5.41) is 3.77. The maximum atomic E-state index is 13.2. The van der Waals surface area contributed by atoms with Gasteiger partial charge in [-0.05, 0) is 54.8 Å². The number of nitrogens with zero attached hydrogens (tertiary/aromatic N) is 1. The van der Waals surface area contributed by atoms with Gasteiger partial charge in [0.1, 0.15) is 18.4 Å². The Kier molecular flexibility index (Phi) is 10.3. The van der Waals surface area contributed by atoms with E-state index in [-0.39, 0.29) is 17.6 Å². The van der Waals surface area contributed by atoms with E-state index in [1.807, 2.05) is 66.7 Å². The molecule has 1 aliphatic rings. The lowest BCUT2D eigenvalue weighted by molar-refractivity contribution is -0.141. The topological polar surface area (TPSA) is 84.9 Å². The first-order valence-corrected chi connectivity index (χ1v) is 15.1. The molecule has 0 aliphatic heterocycles. The van der Waals surface area contributed by atoms with E-state index in [0.717, 1.165) is 24.8 Å². The fourth-order valence-corrected chi connectivity index (χ4v) is 5.42. The molecule has 0 spiro atoms. The van der Waals surface area contributed by atoms with Crippen molar-refractivity contribution in [1.29, 1.82) is 0 Å². The maximum Gasteiger partial charge on any atom is 0.328 e. The van der Waals surface area contributed by atoms with Crippen LogP contribution >= 0.6 is 11.6 Å². The molecule has 1 N–H and O–H groups in total. The molecule has 0 aromatic heterocycles. The zero-order valence-electron chi connectivity index (χ0n) is 24.6. The molecule has 44 heavy (non-hydrogen) atoms.